The highest BCUT2D eigenvalue weighted by Gasteiger charge is 2.22. The summed E-state index contributed by atoms with van der Waals surface area (Å²) in [5.74, 6) is -0.0132. The Labute approximate surface area is 124 Å². The second-order valence-electron chi connectivity index (χ2n) is 3.96. The van der Waals surface area contributed by atoms with E-state index in [-0.39, 0.29) is 30.7 Å². The molecule has 7 heteroatoms. The summed E-state index contributed by atoms with van der Waals surface area (Å²) in [4.78, 5) is 17.8. The molecule has 2 heterocycles. The summed E-state index contributed by atoms with van der Waals surface area (Å²) in [6.45, 7) is 4.34. The smallest absolute Gasteiger partial charge is 0.255 e. The standard InChI is InChI=1S/C11H14ClN3O.2ClH/c1-8-7-15(5-4-14-8)11(16)9-2-3-13-6-10(9)12;;/h2-3,6,8,14H,4-5,7H2,1H3;2*1H/t8-;;/m0../s1. The number of pyridine rings is 1. The van der Waals surface area contributed by atoms with Crippen molar-refractivity contribution < 1.29 is 4.79 Å². The molecule has 1 N–H and O–H groups in total. The Morgan fingerprint density at radius 1 is 1.56 bits per heavy atom. The molecular weight excluding hydrogens is 296 g/mol. The molecule has 0 saturated carbocycles. The number of halogens is 3. The van der Waals surface area contributed by atoms with Crippen LogP contribution in [-0.2, 0) is 0 Å². The van der Waals surface area contributed by atoms with Gasteiger partial charge < -0.3 is 10.2 Å². The van der Waals surface area contributed by atoms with Crippen LogP contribution in [0.3, 0.4) is 0 Å². The van der Waals surface area contributed by atoms with Gasteiger partial charge in [0.05, 0.1) is 10.6 Å². The molecule has 0 unspecified atom stereocenters. The third kappa shape index (κ3) is 3.99. The van der Waals surface area contributed by atoms with Gasteiger partial charge in [0.15, 0.2) is 0 Å². The molecule has 1 fully saturated rings. The molecule has 0 aliphatic carbocycles. The minimum absolute atomic E-state index is 0. The number of rotatable bonds is 1. The van der Waals surface area contributed by atoms with Gasteiger partial charge in [-0.3, -0.25) is 9.78 Å². The van der Waals surface area contributed by atoms with Gasteiger partial charge in [-0.1, -0.05) is 11.6 Å². The number of hydrogen-bond acceptors (Lipinski definition) is 3. The van der Waals surface area contributed by atoms with E-state index in [9.17, 15) is 4.79 Å². The van der Waals surface area contributed by atoms with E-state index >= 15 is 0 Å². The maximum absolute atomic E-state index is 12.2. The highest BCUT2D eigenvalue weighted by Crippen LogP contribution is 2.16. The zero-order valence-electron chi connectivity index (χ0n) is 9.93. The van der Waals surface area contributed by atoms with E-state index in [4.69, 9.17) is 11.6 Å². The predicted octanol–water partition coefficient (Wildman–Crippen LogP) is 2.01. The van der Waals surface area contributed by atoms with Crippen LogP contribution >= 0.6 is 36.4 Å². The topological polar surface area (TPSA) is 45.2 Å². The van der Waals surface area contributed by atoms with Gasteiger partial charge in [-0.05, 0) is 13.0 Å². The molecule has 0 spiro atoms. The summed E-state index contributed by atoms with van der Waals surface area (Å²) in [7, 11) is 0. The van der Waals surface area contributed by atoms with Crippen molar-refractivity contribution in [2.24, 2.45) is 0 Å². The molecule has 0 aromatic carbocycles. The molecule has 1 amide bonds. The fraction of sp³-hybridized carbons (Fsp3) is 0.455. The third-order valence-corrected chi connectivity index (χ3v) is 2.96. The van der Waals surface area contributed by atoms with E-state index in [1.54, 1.807) is 12.3 Å². The van der Waals surface area contributed by atoms with Gasteiger partial charge in [0.25, 0.3) is 5.91 Å². The van der Waals surface area contributed by atoms with Gasteiger partial charge in [-0.15, -0.1) is 24.8 Å². The van der Waals surface area contributed by atoms with Gasteiger partial charge >= 0.3 is 0 Å². The molecule has 4 nitrogen and oxygen atoms in total. The van der Waals surface area contributed by atoms with Crippen LogP contribution in [0.15, 0.2) is 18.5 Å². The molecule has 1 aliphatic heterocycles. The average molecular weight is 313 g/mol. The van der Waals surface area contributed by atoms with Crippen LogP contribution in [0.4, 0.5) is 0 Å². The van der Waals surface area contributed by atoms with Crippen molar-refractivity contribution in [2.75, 3.05) is 19.6 Å². The quantitative estimate of drug-likeness (QED) is 0.863. The highest BCUT2D eigenvalue weighted by molar-refractivity contribution is 6.33. The molecule has 1 aromatic heterocycles. The predicted molar refractivity (Wildman–Crippen MR) is 77.1 cm³/mol. The van der Waals surface area contributed by atoms with Crippen molar-refractivity contribution in [3.63, 3.8) is 0 Å². The summed E-state index contributed by atoms with van der Waals surface area (Å²) < 4.78 is 0. The summed E-state index contributed by atoms with van der Waals surface area (Å²) in [5.41, 5.74) is 0.533. The van der Waals surface area contributed by atoms with Crippen molar-refractivity contribution in [2.45, 2.75) is 13.0 Å². The van der Waals surface area contributed by atoms with Gasteiger partial charge in [-0.2, -0.15) is 0 Å². The van der Waals surface area contributed by atoms with Crippen LogP contribution in [0.25, 0.3) is 0 Å². The maximum Gasteiger partial charge on any atom is 0.255 e. The number of nitrogens with one attached hydrogen (secondary N) is 1. The molecule has 1 atom stereocenters. The molecule has 0 radical (unpaired) electrons. The van der Waals surface area contributed by atoms with Gasteiger partial charge in [0, 0.05) is 38.1 Å². The minimum Gasteiger partial charge on any atom is -0.336 e. The number of carbonyl (C=O) groups excluding carboxylic acids is 1. The zero-order chi connectivity index (χ0) is 11.5. The first-order valence-electron chi connectivity index (χ1n) is 5.30. The van der Waals surface area contributed by atoms with Crippen LogP contribution in [0, 0.1) is 0 Å². The van der Waals surface area contributed by atoms with Crippen molar-refractivity contribution in [3.05, 3.63) is 29.0 Å². The molecule has 102 valence electrons. The third-order valence-electron chi connectivity index (χ3n) is 2.66. The largest absolute Gasteiger partial charge is 0.336 e. The normalized spacial score (nSPS) is 18.6. The van der Waals surface area contributed by atoms with Gasteiger partial charge in [-0.25, -0.2) is 0 Å². The molecular formula is C11H16Cl3N3O. The lowest BCUT2D eigenvalue weighted by Crippen LogP contribution is -2.51. The molecule has 1 saturated heterocycles. The molecule has 2 rings (SSSR count). The fourth-order valence-electron chi connectivity index (χ4n) is 1.84. The van der Waals surface area contributed by atoms with E-state index in [0.717, 1.165) is 19.6 Å². The van der Waals surface area contributed by atoms with Crippen LogP contribution in [0.1, 0.15) is 17.3 Å². The van der Waals surface area contributed by atoms with Crippen molar-refractivity contribution in [1.82, 2.24) is 15.2 Å². The molecule has 18 heavy (non-hydrogen) atoms. The van der Waals surface area contributed by atoms with E-state index in [1.807, 2.05) is 4.90 Å². The first-order chi connectivity index (χ1) is 7.68. The van der Waals surface area contributed by atoms with Crippen LogP contribution in [0.5, 0.6) is 0 Å². The second-order valence-corrected chi connectivity index (χ2v) is 4.37. The Morgan fingerprint density at radius 3 is 2.89 bits per heavy atom. The lowest BCUT2D eigenvalue weighted by atomic mass is 10.2. The monoisotopic (exact) mass is 311 g/mol. The zero-order valence-corrected chi connectivity index (χ0v) is 12.3. The van der Waals surface area contributed by atoms with Gasteiger partial charge in [0.1, 0.15) is 0 Å². The molecule has 1 aromatic rings. The van der Waals surface area contributed by atoms with Crippen LogP contribution in [0.2, 0.25) is 5.02 Å². The minimum atomic E-state index is -0.0132. The number of carbonyl (C=O) groups is 1. The van der Waals surface area contributed by atoms with Crippen LogP contribution in [-0.4, -0.2) is 41.5 Å². The second kappa shape index (κ2) is 7.79. The average Bonchev–Trinajstić information content (AvgIpc) is 2.29. The molecule has 0 bridgehead atoms. The van der Waals surface area contributed by atoms with E-state index in [0.29, 0.717) is 16.6 Å². The Kier molecular flexibility index (Phi) is 7.55. The lowest BCUT2D eigenvalue weighted by molar-refractivity contribution is 0.0709. The SMILES string of the molecule is C[C@H]1CN(C(=O)c2ccncc2Cl)CCN1.Cl.Cl. The lowest BCUT2D eigenvalue weighted by Gasteiger charge is -2.32. The fourth-order valence-corrected chi connectivity index (χ4v) is 2.04. The Morgan fingerprint density at radius 2 is 2.28 bits per heavy atom. The van der Waals surface area contributed by atoms with E-state index < -0.39 is 0 Å². The Bertz CT molecular complexity index is 403. The summed E-state index contributed by atoms with van der Waals surface area (Å²) in [6.07, 6.45) is 3.09. The number of aromatic nitrogens is 1. The van der Waals surface area contributed by atoms with E-state index in [2.05, 4.69) is 17.2 Å². The first kappa shape index (κ1) is 17.4. The van der Waals surface area contributed by atoms with Crippen molar-refractivity contribution >= 4 is 42.3 Å². The van der Waals surface area contributed by atoms with Crippen LogP contribution < -0.4 is 5.32 Å². The number of hydrogen-bond donors (Lipinski definition) is 1. The summed E-state index contributed by atoms with van der Waals surface area (Å²) >= 11 is 5.95. The van der Waals surface area contributed by atoms with E-state index in [1.165, 1.54) is 6.20 Å². The highest BCUT2D eigenvalue weighted by atomic mass is 35.5. The summed E-state index contributed by atoms with van der Waals surface area (Å²) in [5, 5.41) is 3.71. The van der Waals surface area contributed by atoms with Gasteiger partial charge in [0.2, 0.25) is 0 Å². The Hall–Kier alpha value is -0.550. The first-order valence-corrected chi connectivity index (χ1v) is 5.68. The molecule has 1 aliphatic rings. The Balaban J connectivity index is 0.00000144. The van der Waals surface area contributed by atoms with Crippen molar-refractivity contribution in [1.29, 1.82) is 0 Å². The summed E-state index contributed by atoms with van der Waals surface area (Å²) in [6, 6.07) is 2.00. The number of amides is 1. The number of nitrogens with zero attached hydrogens (tertiary/aromatic N) is 2. The van der Waals surface area contributed by atoms with Crippen molar-refractivity contribution in [3.8, 4) is 0 Å². The number of piperazine rings is 1. The maximum atomic E-state index is 12.2.